The van der Waals surface area contributed by atoms with E-state index in [4.69, 9.17) is 22.1 Å². The summed E-state index contributed by atoms with van der Waals surface area (Å²) in [6.07, 6.45) is 3.88. The second kappa shape index (κ2) is 7.94. The van der Waals surface area contributed by atoms with Crippen LogP contribution in [0.4, 0.5) is 5.95 Å². The SMILES string of the molecule is CC[C@H]1O[C@@H]([n+]2cn(CCN(C)CCCl)c3c(=O)[nH]c(N)nc32)CC1C. The highest BCUT2D eigenvalue weighted by Crippen LogP contribution is 2.32. The number of halogens is 1. The number of rotatable bonds is 7. The van der Waals surface area contributed by atoms with Crippen LogP contribution in [0, 0.1) is 5.92 Å². The zero-order valence-corrected chi connectivity index (χ0v) is 16.4. The van der Waals surface area contributed by atoms with E-state index in [1.165, 1.54) is 0 Å². The number of fused-ring (bicyclic) bond motifs is 1. The third kappa shape index (κ3) is 3.72. The van der Waals surface area contributed by atoms with E-state index in [1.807, 2.05) is 22.5 Å². The highest BCUT2D eigenvalue weighted by Gasteiger charge is 2.37. The molecule has 0 aromatic carbocycles. The van der Waals surface area contributed by atoms with Crippen LogP contribution in [0.25, 0.3) is 11.2 Å². The number of anilines is 1. The van der Waals surface area contributed by atoms with Crippen molar-refractivity contribution in [1.82, 2.24) is 19.4 Å². The van der Waals surface area contributed by atoms with Gasteiger partial charge in [0.05, 0.1) is 12.6 Å². The minimum atomic E-state index is -0.232. The second-order valence-corrected chi connectivity index (χ2v) is 7.46. The third-order valence-electron chi connectivity index (χ3n) is 5.13. The Morgan fingerprint density at radius 3 is 2.96 bits per heavy atom. The van der Waals surface area contributed by atoms with Crippen molar-refractivity contribution in [3.05, 3.63) is 16.7 Å². The van der Waals surface area contributed by atoms with Crippen LogP contribution in [-0.2, 0) is 11.3 Å². The average Bonchev–Trinajstić information content (AvgIpc) is 3.13. The van der Waals surface area contributed by atoms with Gasteiger partial charge in [0.2, 0.25) is 5.52 Å². The summed E-state index contributed by atoms with van der Waals surface area (Å²) in [6, 6.07) is 0. The number of aromatic amines is 1. The Labute approximate surface area is 157 Å². The summed E-state index contributed by atoms with van der Waals surface area (Å²) in [5.41, 5.74) is 6.65. The Morgan fingerprint density at radius 2 is 2.31 bits per heavy atom. The maximum Gasteiger partial charge on any atom is 0.313 e. The van der Waals surface area contributed by atoms with Gasteiger partial charge in [-0.1, -0.05) is 18.8 Å². The van der Waals surface area contributed by atoms with Crippen LogP contribution >= 0.6 is 11.6 Å². The molecule has 0 aliphatic carbocycles. The predicted octanol–water partition coefficient (Wildman–Crippen LogP) is 1.10. The molecule has 0 spiro atoms. The van der Waals surface area contributed by atoms with Crippen LogP contribution in [0.2, 0.25) is 0 Å². The van der Waals surface area contributed by atoms with E-state index >= 15 is 0 Å². The molecule has 144 valence electrons. The number of H-pyrrole nitrogens is 1. The van der Waals surface area contributed by atoms with E-state index in [2.05, 4.69) is 28.7 Å². The molecule has 8 nitrogen and oxygen atoms in total. The Morgan fingerprint density at radius 1 is 1.54 bits per heavy atom. The van der Waals surface area contributed by atoms with E-state index < -0.39 is 0 Å². The third-order valence-corrected chi connectivity index (χ3v) is 5.30. The van der Waals surface area contributed by atoms with Gasteiger partial charge in [0.1, 0.15) is 0 Å². The molecule has 1 fully saturated rings. The second-order valence-electron chi connectivity index (χ2n) is 7.08. The van der Waals surface area contributed by atoms with Gasteiger partial charge in [0.15, 0.2) is 12.6 Å². The molecule has 26 heavy (non-hydrogen) atoms. The molecule has 1 unspecified atom stereocenters. The quantitative estimate of drug-likeness (QED) is 0.551. The molecule has 3 atom stereocenters. The lowest BCUT2D eigenvalue weighted by molar-refractivity contribution is -0.739. The van der Waals surface area contributed by atoms with E-state index in [0.717, 1.165) is 25.9 Å². The van der Waals surface area contributed by atoms with Gasteiger partial charge in [0, 0.05) is 25.4 Å². The summed E-state index contributed by atoms with van der Waals surface area (Å²) in [5.74, 6) is 1.16. The van der Waals surface area contributed by atoms with Crippen molar-refractivity contribution in [3.8, 4) is 0 Å². The molecule has 2 aromatic heterocycles. The molecule has 0 saturated carbocycles. The van der Waals surface area contributed by atoms with Crippen molar-refractivity contribution < 1.29 is 9.30 Å². The highest BCUT2D eigenvalue weighted by molar-refractivity contribution is 6.18. The molecule has 3 heterocycles. The van der Waals surface area contributed by atoms with Crippen molar-refractivity contribution in [2.75, 3.05) is 31.8 Å². The molecule has 1 saturated heterocycles. The van der Waals surface area contributed by atoms with Crippen molar-refractivity contribution in [1.29, 1.82) is 0 Å². The molecule has 3 N–H and O–H groups in total. The monoisotopic (exact) mass is 383 g/mol. The fourth-order valence-electron chi connectivity index (χ4n) is 3.63. The fraction of sp³-hybridized carbons (Fsp3) is 0.706. The standard InChI is InChI=1S/C17H27ClN6O2/c1-4-12-11(2)9-13(26-12)24-10-23(8-7-22(3)6-5-18)14-15(24)20-17(19)21-16(14)25/h10-13H,4-9H2,1-3H3,(H2-,19,20,21,25)/p+1/t11?,12-,13-/m1/s1. The number of hydrogen-bond acceptors (Lipinski definition) is 5. The maximum atomic E-state index is 12.5. The number of hydrogen-bond donors (Lipinski definition) is 2. The fourth-order valence-corrected chi connectivity index (χ4v) is 3.92. The molecule has 1 aliphatic heterocycles. The van der Waals surface area contributed by atoms with Crippen molar-refractivity contribution in [2.45, 2.75) is 45.6 Å². The van der Waals surface area contributed by atoms with E-state index in [0.29, 0.717) is 29.5 Å². The Balaban J connectivity index is 1.97. The lowest BCUT2D eigenvalue weighted by Gasteiger charge is -2.13. The number of nitrogens with two attached hydrogens (primary N) is 1. The number of ether oxygens (including phenoxy) is 1. The first-order valence-corrected chi connectivity index (χ1v) is 9.67. The van der Waals surface area contributed by atoms with Crippen molar-refractivity contribution in [2.24, 2.45) is 5.92 Å². The van der Waals surface area contributed by atoms with Gasteiger partial charge in [0.25, 0.3) is 11.5 Å². The molecular weight excluding hydrogens is 356 g/mol. The molecule has 1 aliphatic rings. The average molecular weight is 384 g/mol. The molecule has 0 radical (unpaired) electrons. The molecule has 2 aromatic rings. The molecule has 9 heteroatoms. The summed E-state index contributed by atoms with van der Waals surface area (Å²) in [7, 11) is 2.01. The first-order valence-electron chi connectivity index (χ1n) is 9.14. The maximum absolute atomic E-state index is 12.5. The van der Waals surface area contributed by atoms with Crippen LogP contribution in [0.3, 0.4) is 0 Å². The summed E-state index contributed by atoms with van der Waals surface area (Å²) >= 11 is 5.80. The number of nitrogens with zero attached hydrogens (tertiary/aromatic N) is 4. The first kappa shape index (κ1) is 19.1. The number of aromatic nitrogens is 4. The summed E-state index contributed by atoms with van der Waals surface area (Å²) < 4.78 is 10.1. The van der Waals surface area contributed by atoms with E-state index in [9.17, 15) is 4.79 Å². The Bertz CT molecular complexity index is 819. The zero-order valence-electron chi connectivity index (χ0n) is 15.6. The minimum absolute atomic E-state index is 0.117. The van der Waals surface area contributed by atoms with Gasteiger partial charge >= 0.3 is 5.65 Å². The van der Waals surface area contributed by atoms with Gasteiger partial charge < -0.3 is 15.4 Å². The first-order chi connectivity index (χ1) is 12.4. The zero-order chi connectivity index (χ0) is 18.8. The summed E-state index contributed by atoms with van der Waals surface area (Å²) in [5, 5.41) is 0. The number of likely N-dealkylation sites (N-methyl/N-ethyl adjacent to an activating group) is 1. The minimum Gasteiger partial charge on any atom is -0.355 e. The van der Waals surface area contributed by atoms with Crippen LogP contribution < -0.4 is 15.9 Å². The molecular formula is C17H28ClN6O2+. The molecule has 3 rings (SSSR count). The van der Waals surface area contributed by atoms with E-state index in [1.54, 1.807) is 0 Å². The van der Waals surface area contributed by atoms with Crippen LogP contribution in [0.1, 0.15) is 32.9 Å². The van der Waals surface area contributed by atoms with Crippen LogP contribution in [0.15, 0.2) is 11.1 Å². The molecule has 0 bridgehead atoms. The van der Waals surface area contributed by atoms with Gasteiger partial charge in [-0.25, -0.2) is 4.57 Å². The Kier molecular flexibility index (Phi) is 5.84. The number of alkyl halides is 1. The summed E-state index contributed by atoms with van der Waals surface area (Å²) in [4.78, 5) is 21.6. The summed E-state index contributed by atoms with van der Waals surface area (Å²) in [6.45, 7) is 6.56. The van der Waals surface area contributed by atoms with E-state index in [-0.39, 0.29) is 23.8 Å². The van der Waals surface area contributed by atoms with Gasteiger partial charge in [-0.15, -0.1) is 11.6 Å². The lowest BCUT2D eigenvalue weighted by atomic mass is 10.0. The normalized spacial score (nSPS) is 23.3. The van der Waals surface area contributed by atoms with Gasteiger partial charge in [-0.05, 0) is 19.4 Å². The van der Waals surface area contributed by atoms with Gasteiger partial charge in [-0.3, -0.25) is 14.3 Å². The van der Waals surface area contributed by atoms with Crippen LogP contribution in [0.5, 0.6) is 0 Å². The topological polar surface area (TPSA) is 93.0 Å². The lowest BCUT2D eigenvalue weighted by Crippen LogP contribution is -2.39. The highest BCUT2D eigenvalue weighted by atomic mass is 35.5. The van der Waals surface area contributed by atoms with Crippen LogP contribution in [-0.4, -0.2) is 51.6 Å². The van der Waals surface area contributed by atoms with Crippen molar-refractivity contribution >= 4 is 28.7 Å². The number of nitrogen functional groups attached to an aromatic ring is 1. The predicted molar refractivity (Wildman–Crippen MR) is 101 cm³/mol. The van der Waals surface area contributed by atoms with Gasteiger partial charge in [-0.2, -0.15) is 0 Å². The largest absolute Gasteiger partial charge is 0.355 e. The smallest absolute Gasteiger partial charge is 0.313 e. The number of imidazole rings is 1. The van der Waals surface area contributed by atoms with Crippen molar-refractivity contribution in [3.63, 3.8) is 0 Å². The Hall–Kier alpha value is -1.64. The number of nitrogens with one attached hydrogen (secondary N) is 1. The molecule has 0 amide bonds.